The number of anilines is 2. The zero-order valence-electron chi connectivity index (χ0n) is 10.8. The van der Waals surface area contributed by atoms with Crippen molar-refractivity contribution in [2.24, 2.45) is 0 Å². The quantitative estimate of drug-likeness (QED) is 0.805. The fourth-order valence-electron chi connectivity index (χ4n) is 1.46. The van der Waals surface area contributed by atoms with Crippen molar-refractivity contribution in [2.75, 3.05) is 29.2 Å². The van der Waals surface area contributed by atoms with E-state index in [4.69, 9.17) is 0 Å². The van der Waals surface area contributed by atoms with E-state index in [-0.39, 0.29) is 6.04 Å². The average Bonchev–Trinajstić information content (AvgIpc) is 2.22. The molecule has 2 unspecified atom stereocenters. The summed E-state index contributed by atoms with van der Waals surface area (Å²) in [5.41, 5.74) is 0.986. The summed E-state index contributed by atoms with van der Waals surface area (Å²) in [5.74, 6) is 2.03. The molecule has 0 aliphatic heterocycles. The Hall–Kier alpha value is -1.17. The first-order chi connectivity index (χ1) is 8.02. The molecule has 6 heteroatoms. The highest BCUT2D eigenvalue weighted by molar-refractivity contribution is 7.84. The van der Waals surface area contributed by atoms with Gasteiger partial charge in [-0.3, -0.25) is 4.21 Å². The number of nitrogens with one attached hydrogen (secondary N) is 2. The van der Waals surface area contributed by atoms with Gasteiger partial charge in [0, 0.05) is 47.2 Å². The fraction of sp³-hybridized carbons (Fsp3) is 0.636. The third kappa shape index (κ3) is 4.68. The first-order valence-corrected chi connectivity index (χ1v) is 7.39. The van der Waals surface area contributed by atoms with E-state index < -0.39 is 10.8 Å². The molecule has 0 bridgehead atoms. The van der Waals surface area contributed by atoms with Crippen molar-refractivity contribution in [1.29, 1.82) is 0 Å². The first-order valence-electron chi connectivity index (χ1n) is 5.67. The number of nitrogens with zero attached hydrogens (tertiary/aromatic N) is 2. The minimum Gasteiger partial charge on any atom is -0.366 e. The van der Waals surface area contributed by atoms with E-state index in [2.05, 4.69) is 20.6 Å². The Morgan fingerprint density at radius 3 is 2.82 bits per heavy atom. The Morgan fingerprint density at radius 2 is 2.24 bits per heavy atom. The van der Waals surface area contributed by atoms with Gasteiger partial charge in [0.2, 0.25) is 5.95 Å². The van der Waals surface area contributed by atoms with Gasteiger partial charge in [-0.25, -0.2) is 4.98 Å². The third-order valence-electron chi connectivity index (χ3n) is 2.17. The molecule has 1 aromatic rings. The molecule has 0 aliphatic carbocycles. The molecule has 0 radical (unpaired) electrons. The van der Waals surface area contributed by atoms with Gasteiger partial charge in [0.15, 0.2) is 0 Å². The van der Waals surface area contributed by atoms with Gasteiger partial charge in [-0.15, -0.1) is 0 Å². The molecule has 96 valence electrons. The minimum absolute atomic E-state index is 0.129. The summed E-state index contributed by atoms with van der Waals surface area (Å²) in [6.45, 7) is 6.74. The van der Waals surface area contributed by atoms with Gasteiger partial charge in [-0.05, 0) is 20.8 Å². The predicted molar refractivity (Wildman–Crippen MR) is 73.0 cm³/mol. The first kappa shape index (κ1) is 13.9. The fourth-order valence-corrected chi connectivity index (χ4v) is 2.25. The molecular formula is C11H20N4OS. The van der Waals surface area contributed by atoms with Crippen LogP contribution in [0, 0.1) is 6.92 Å². The Kier molecular flexibility index (Phi) is 5.34. The monoisotopic (exact) mass is 256 g/mol. The Labute approximate surface area is 105 Å². The lowest BCUT2D eigenvalue weighted by atomic mass is 10.3. The normalized spacial score (nSPS) is 14.1. The summed E-state index contributed by atoms with van der Waals surface area (Å²) in [6, 6.07) is 0.129. The smallest absolute Gasteiger partial charge is 0.224 e. The van der Waals surface area contributed by atoms with Crippen LogP contribution >= 0.6 is 0 Å². The van der Waals surface area contributed by atoms with Crippen LogP contribution in [0.3, 0.4) is 0 Å². The molecule has 5 nitrogen and oxygen atoms in total. The predicted octanol–water partition coefficient (Wildman–Crippen LogP) is 1.40. The van der Waals surface area contributed by atoms with Gasteiger partial charge in [0.25, 0.3) is 0 Å². The van der Waals surface area contributed by atoms with Crippen molar-refractivity contribution in [3.63, 3.8) is 0 Å². The van der Waals surface area contributed by atoms with Gasteiger partial charge in [0.05, 0.1) is 0 Å². The van der Waals surface area contributed by atoms with Gasteiger partial charge >= 0.3 is 0 Å². The number of aromatic nitrogens is 2. The van der Waals surface area contributed by atoms with Gasteiger partial charge < -0.3 is 10.6 Å². The molecular weight excluding hydrogens is 236 g/mol. The van der Waals surface area contributed by atoms with Crippen LogP contribution in [0.25, 0.3) is 0 Å². The number of hydrogen-bond donors (Lipinski definition) is 2. The molecule has 0 saturated heterocycles. The van der Waals surface area contributed by atoms with E-state index in [0.717, 1.165) is 17.9 Å². The van der Waals surface area contributed by atoms with Gasteiger partial charge in [0.1, 0.15) is 5.82 Å². The molecule has 0 aliphatic rings. The zero-order chi connectivity index (χ0) is 12.8. The van der Waals surface area contributed by atoms with Crippen molar-refractivity contribution in [3.8, 4) is 0 Å². The highest BCUT2D eigenvalue weighted by Gasteiger charge is 2.08. The average molecular weight is 256 g/mol. The van der Waals surface area contributed by atoms with Crippen molar-refractivity contribution >= 4 is 22.6 Å². The van der Waals surface area contributed by atoms with Crippen LogP contribution in [-0.4, -0.2) is 38.8 Å². The van der Waals surface area contributed by atoms with Crippen LogP contribution in [0.1, 0.15) is 19.4 Å². The van der Waals surface area contributed by atoms with Crippen molar-refractivity contribution < 1.29 is 4.21 Å². The lowest BCUT2D eigenvalue weighted by Crippen LogP contribution is -2.23. The topological polar surface area (TPSA) is 66.9 Å². The summed E-state index contributed by atoms with van der Waals surface area (Å²) in [5, 5.41) is 6.32. The van der Waals surface area contributed by atoms with Crippen LogP contribution in [0.2, 0.25) is 0 Å². The highest BCUT2D eigenvalue weighted by atomic mass is 32.2. The van der Waals surface area contributed by atoms with E-state index >= 15 is 0 Å². The Morgan fingerprint density at radius 1 is 1.53 bits per heavy atom. The molecule has 1 heterocycles. The third-order valence-corrected chi connectivity index (χ3v) is 3.14. The molecule has 2 atom stereocenters. The SMILES string of the molecule is CCNc1ncc(C)c(NC(C)CS(C)=O)n1. The zero-order valence-corrected chi connectivity index (χ0v) is 11.6. The molecule has 1 rings (SSSR count). The number of hydrogen-bond acceptors (Lipinski definition) is 5. The highest BCUT2D eigenvalue weighted by Crippen LogP contribution is 2.13. The molecule has 1 aromatic heterocycles. The molecule has 0 aromatic carbocycles. The van der Waals surface area contributed by atoms with Crippen molar-refractivity contribution in [2.45, 2.75) is 26.8 Å². The van der Waals surface area contributed by atoms with Gasteiger partial charge in [-0.2, -0.15) is 4.98 Å². The van der Waals surface area contributed by atoms with E-state index in [0.29, 0.717) is 11.7 Å². The Bertz CT molecular complexity index is 397. The molecule has 0 fully saturated rings. The number of rotatable bonds is 6. The van der Waals surface area contributed by atoms with E-state index in [1.165, 1.54) is 0 Å². The van der Waals surface area contributed by atoms with Crippen LogP contribution in [0.15, 0.2) is 6.20 Å². The molecule has 0 saturated carbocycles. The second kappa shape index (κ2) is 6.54. The number of aryl methyl sites for hydroxylation is 1. The maximum absolute atomic E-state index is 11.1. The van der Waals surface area contributed by atoms with Crippen LogP contribution in [0.5, 0.6) is 0 Å². The second-order valence-electron chi connectivity index (χ2n) is 4.04. The van der Waals surface area contributed by atoms with E-state index in [1.54, 1.807) is 12.5 Å². The molecule has 17 heavy (non-hydrogen) atoms. The lowest BCUT2D eigenvalue weighted by Gasteiger charge is -2.15. The van der Waals surface area contributed by atoms with Crippen molar-refractivity contribution in [1.82, 2.24) is 9.97 Å². The Balaban J connectivity index is 2.74. The second-order valence-corrected chi connectivity index (χ2v) is 5.52. The largest absolute Gasteiger partial charge is 0.366 e. The summed E-state index contributed by atoms with van der Waals surface area (Å²) >= 11 is 0. The van der Waals surface area contributed by atoms with E-state index in [9.17, 15) is 4.21 Å². The summed E-state index contributed by atoms with van der Waals surface area (Å²) in [6.07, 6.45) is 3.48. The molecule has 0 amide bonds. The minimum atomic E-state index is -0.806. The van der Waals surface area contributed by atoms with Crippen molar-refractivity contribution in [3.05, 3.63) is 11.8 Å². The molecule has 0 spiro atoms. The summed E-state index contributed by atoms with van der Waals surface area (Å²) in [7, 11) is -0.806. The maximum Gasteiger partial charge on any atom is 0.224 e. The van der Waals surface area contributed by atoms with Gasteiger partial charge in [-0.1, -0.05) is 0 Å². The maximum atomic E-state index is 11.1. The summed E-state index contributed by atoms with van der Waals surface area (Å²) in [4.78, 5) is 8.55. The molecule has 2 N–H and O–H groups in total. The van der Waals surface area contributed by atoms with E-state index in [1.807, 2.05) is 20.8 Å². The summed E-state index contributed by atoms with van der Waals surface area (Å²) < 4.78 is 11.1. The van der Waals surface area contributed by atoms with Crippen LogP contribution in [0.4, 0.5) is 11.8 Å². The lowest BCUT2D eigenvalue weighted by molar-refractivity contribution is 0.682. The standard InChI is InChI=1S/C11H20N4OS/c1-5-12-11-13-6-8(2)10(15-11)14-9(3)7-17(4)16/h6,9H,5,7H2,1-4H3,(H2,12,13,14,15). The van der Waals surface area contributed by atoms with Crippen LogP contribution in [-0.2, 0) is 10.8 Å². The van der Waals surface area contributed by atoms with Crippen LogP contribution < -0.4 is 10.6 Å².